The van der Waals surface area contributed by atoms with Gasteiger partial charge in [0.15, 0.2) is 0 Å². The molecule has 0 saturated carbocycles. The molecule has 0 amide bonds. The number of ether oxygens (including phenoxy) is 1. The van der Waals surface area contributed by atoms with Crippen molar-refractivity contribution < 1.29 is 4.74 Å². The van der Waals surface area contributed by atoms with Gasteiger partial charge in [-0.15, -0.1) is 0 Å². The maximum Gasteiger partial charge on any atom is 0.118 e. The molecule has 0 aromatic heterocycles. The lowest BCUT2D eigenvalue weighted by Gasteiger charge is -2.24. The van der Waals surface area contributed by atoms with E-state index in [1.54, 1.807) is 7.11 Å². The predicted molar refractivity (Wildman–Crippen MR) is 76.1 cm³/mol. The van der Waals surface area contributed by atoms with Crippen LogP contribution < -0.4 is 4.74 Å². The average Bonchev–Trinajstić information content (AvgIpc) is 2.87. The molecule has 0 spiro atoms. The van der Waals surface area contributed by atoms with Gasteiger partial charge in [0.1, 0.15) is 5.75 Å². The van der Waals surface area contributed by atoms with Crippen LogP contribution in [-0.4, -0.2) is 31.1 Å². The molecule has 1 fully saturated rings. The first kappa shape index (κ1) is 13.9. The van der Waals surface area contributed by atoms with Gasteiger partial charge in [-0.25, -0.2) is 0 Å². The molecule has 0 radical (unpaired) electrons. The van der Waals surface area contributed by atoms with Crippen molar-refractivity contribution in [2.45, 2.75) is 38.1 Å². The molecule has 1 saturated heterocycles. The Morgan fingerprint density at radius 1 is 1.37 bits per heavy atom. The summed E-state index contributed by atoms with van der Waals surface area (Å²) in [6.45, 7) is 2.25. The van der Waals surface area contributed by atoms with Crippen molar-refractivity contribution in [1.29, 1.82) is 5.26 Å². The van der Waals surface area contributed by atoms with Gasteiger partial charge in [0.2, 0.25) is 0 Å². The predicted octanol–water partition coefficient (Wildman–Crippen LogP) is 3.01. The number of nitriles is 1. The zero-order valence-electron chi connectivity index (χ0n) is 11.6. The highest BCUT2D eigenvalue weighted by Crippen LogP contribution is 2.22. The largest absolute Gasteiger partial charge is 0.497 e. The minimum Gasteiger partial charge on any atom is -0.497 e. The molecule has 1 aliphatic heterocycles. The van der Waals surface area contributed by atoms with E-state index in [1.165, 1.54) is 24.9 Å². The molecule has 2 rings (SSSR count). The fourth-order valence-corrected chi connectivity index (χ4v) is 2.82. The highest BCUT2D eigenvalue weighted by Gasteiger charge is 2.23. The van der Waals surface area contributed by atoms with Crippen LogP contribution >= 0.6 is 0 Å². The number of rotatable bonds is 6. The lowest BCUT2D eigenvalue weighted by molar-refractivity contribution is 0.250. The summed E-state index contributed by atoms with van der Waals surface area (Å²) >= 11 is 0. The van der Waals surface area contributed by atoms with Crippen LogP contribution in [0.1, 0.15) is 31.2 Å². The van der Waals surface area contributed by atoms with Crippen LogP contribution in [0, 0.1) is 11.3 Å². The van der Waals surface area contributed by atoms with Crippen LogP contribution in [0.15, 0.2) is 24.3 Å². The fraction of sp³-hybridized carbons (Fsp3) is 0.562. The minimum absolute atomic E-state index is 0.645. The second-order valence-corrected chi connectivity index (χ2v) is 5.15. The molecule has 1 atom stereocenters. The molecule has 19 heavy (non-hydrogen) atoms. The molecule has 1 aromatic rings. The van der Waals surface area contributed by atoms with Gasteiger partial charge in [-0.05, 0) is 56.5 Å². The Kier molecular flexibility index (Phi) is 5.23. The first-order valence-corrected chi connectivity index (χ1v) is 7.07. The fourth-order valence-electron chi connectivity index (χ4n) is 2.82. The smallest absolute Gasteiger partial charge is 0.118 e. The van der Waals surface area contributed by atoms with Crippen LogP contribution in [0.4, 0.5) is 0 Å². The minimum atomic E-state index is 0.645. The molecular formula is C16H22N2O. The van der Waals surface area contributed by atoms with Crippen molar-refractivity contribution in [3.8, 4) is 11.8 Å². The number of benzene rings is 1. The Morgan fingerprint density at radius 3 is 2.84 bits per heavy atom. The second kappa shape index (κ2) is 7.16. The first-order chi connectivity index (χ1) is 9.33. The van der Waals surface area contributed by atoms with E-state index in [9.17, 15) is 0 Å². The van der Waals surface area contributed by atoms with E-state index in [1.807, 2.05) is 12.1 Å². The zero-order valence-corrected chi connectivity index (χ0v) is 11.6. The Bertz CT molecular complexity index is 421. The van der Waals surface area contributed by atoms with Crippen LogP contribution in [0.25, 0.3) is 0 Å². The second-order valence-electron chi connectivity index (χ2n) is 5.15. The van der Waals surface area contributed by atoms with Gasteiger partial charge in [-0.1, -0.05) is 12.1 Å². The SMILES string of the molecule is COc1ccc(CC2CCCN2CCCC#N)cc1. The van der Waals surface area contributed by atoms with Gasteiger partial charge in [0, 0.05) is 12.5 Å². The van der Waals surface area contributed by atoms with E-state index in [0.717, 1.165) is 25.1 Å². The normalized spacial score (nSPS) is 19.3. The van der Waals surface area contributed by atoms with E-state index < -0.39 is 0 Å². The third-order valence-corrected chi connectivity index (χ3v) is 3.86. The van der Waals surface area contributed by atoms with Crippen molar-refractivity contribution in [3.05, 3.63) is 29.8 Å². The summed E-state index contributed by atoms with van der Waals surface area (Å²) in [5.41, 5.74) is 1.37. The summed E-state index contributed by atoms with van der Waals surface area (Å²) in [5, 5.41) is 8.61. The standard InChI is InChI=1S/C16H22N2O/c1-19-16-8-6-14(7-9-16)13-15-5-4-12-18(15)11-3-2-10-17/h6-9,15H,2-5,11-13H2,1H3. The average molecular weight is 258 g/mol. The first-order valence-electron chi connectivity index (χ1n) is 7.07. The van der Waals surface area contributed by atoms with Crippen LogP contribution in [0.2, 0.25) is 0 Å². The maximum absolute atomic E-state index is 8.61. The summed E-state index contributed by atoms with van der Waals surface area (Å²) < 4.78 is 5.18. The van der Waals surface area contributed by atoms with E-state index in [4.69, 9.17) is 10.00 Å². The van der Waals surface area contributed by atoms with Crippen molar-refractivity contribution in [3.63, 3.8) is 0 Å². The molecule has 1 aliphatic rings. The Morgan fingerprint density at radius 2 is 2.16 bits per heavy atom. The van der Waals surface area contributed by atoms with E-state index in [-0.39, 0.29) is 0 Å². The number of hydrogen-bond donors (Lipinski definition) is 0. The van der Waals surface area contributed by atoms with E-state index in [0.29, 0.717) is 12.5 Å². The Balaban J connectivity index is 1.87. The Hall–Kier alpha value is -1.53. The molecule has 3 nitrogen and oxygen atoms in total. The lowest BCUT2D eigenvalue weighted by Crippen LogP contribution is -2.32. The van der Waals surface area contributed by atoms with Gasteiger partial charge in [-0.2, -0.15) is 5.26 Å². The summed E-state index contributed by atoms with van der Waals surface area (Å²) in [5.74, 6) is 0.918. The van der Waals surface area contributed by atoms with E-state index >= 15 is 0 Å². The summed E-state index contributed by atoms with van der Waals surface area (Å²) in [4.78, 5) is 2.54. The third-order valence-electron chi connectivity index (χ3n) is 3.86. The van der Waals surface area contributed by atoms with Crippen LogP contribution in [0.3, 0.4) is 0 Å². The molecule has 1 aromatic carbocycles. The van der Waals surface area contributed by atoms with Crippen LogP contribution in [-0.2, 0) is 6.42 Å². The number of unbranched alkanes of at least 4 members (excludes halogenated alkanes) is 1. The van der Waals surface area contributed by atoms with Crippen molar-refractivity contribution in [1.82, 2.24) is 4.90 Å². The van der Waals surface area contributed by atoms with E-state index in [2.05, 4.69) is 23.1 Å². The third kappa shape index (κ3) is 3.97. The van der Waals surface area contributed by atoms with Gasteiger partial charge in [0.05, 0.1) is 13.2 Å². The Labute approximate surface area is 115 Å². The van der Waals surface area contributed by atoms with Gasteiger partial charge >= 0.3 is 0 Å². The van der Waals surface area contributed by atoms with Gasteiger partial charge in [0.25, 0.3) is 0 Å². The summed E-state index contributed by atoms with van der Waals surface area (Å²) in [6, 6.07) is 11.3. The number of nitrogens with zero attached hydrogens (tertiary/aromatic N) is 2. The summed E-state index contributed by atoms with van der Waals surface area (Å²) in [6.07, 6.45) is 5.34. The van der Waals surface area contributed by atoms with Crippen LogP contribution in [0.5, 0.6) is 5.75 Å². The quantitative estimate of drug-likeness (QED) is 0.736. The molecule has 0 bridgehead atoms. The van der Waals surface area contributed by atoms with Gasteiger partial charge in [-0.3, -0.25) is 0 Å². The van der Waals surface area contributed by atoms with Gasteiger partial charge < -0.3 is 9.64 Å². The number of hydrogen-bond acceptors (Lipinski definition) is 3. The highest BCUT2D eigenvalue weighted by molar-refractivity contribution is 5.27. The number of likely N-dealkylation sites (tertiary alicyclic amines) is 1. The maximum atomic E-state index is 8.61. The molecular weight excluding hydrogens is 236 g/mol. The highest BCUT2D eigenvalue weighted by atomic mass is 16.5. The summed E-state index contributed by atoms with van der Waals surface area (Å²) in [7, 11) is 1.70. The topological polar surface area (TPSA) is 36.3 Å². The zero-order chi connectivity index (χ0) is 13.5. The molecule has 0 aliphatic carbocycles. The molecule has 102 valence electrons. The molecule has 1 heterocycles. The molecule has 1 unspecified atom stereocenters. The van der Waals surface area contributed by atoms with Crippen molar-refractivity contribution in [2.24, 2.45) is 0 Å². The molecule has 0 N–H and O–H groups in total. The molecule has 3 heteroatoms. The number of methoxy groups -OCH3 is 1. The lowest BCUT2D eigenvalue weighted by atomic mass is 10.0. The van der Waals surface area contributed by atoms with Crippen molar-refractivity contribution >= 4 is 0 Å². The van der Waals surface area contributed by atoms with Crippen molar-refractivity contribution in [2.75, 3.05) is 20.2 Å². The monoisotopic (exact) mass is 258 g/mol.